The number of terminal acetylenes is 1. The van der Waals surface area contributed by atoms with Gasteiger partial charge in [-0.2, -0.15) is 0 Å². The quantitative estimate of drug-likeness (QED) is 0.658. The van der Waals surface area contributed by atoms with Crippen LogP contribution in [0.1, 0.15) is 26.2 Å². The average Bonchev–Trinajstić information content (AvgIpc) is 3.00. The molecule has 0 saturated heterocycles. The molecular weight excluding hydrogens is 188 g/mol. The number of hydrogen-bond acceptors (Lipinski definition) is 2. The fourth-order valence-corrected chi connectivity index (χ4v) is 1.49. The van der Waals surface area contributed by atoms with E-state index in [1.807, 2.05) is 6.92 Å². The number of nitrogens with zero attached hydrogens (tertiary/aromatic N) is 1. The first-order chi connectivity index (χ1) is 7.17. The molecule has 0 aromatic rings. The average molecular weight is 208 g/mol. The van der Waals surface area contributed by atoms with Crippen LogP contribution < -0.4 is 5.73 Å². The summed E-state index contributed by atoms with van der Waals surface area (Å²) in [5.74, 6) is 3.64. The maximum Gasteiger partial charge on any atom is 0.223 e. The summed E-state index contributed by atoms with van der Waals surface area (Å²) in [4.78, 5) is 13.6. The summed E-state index contributed by atoms with van der Waals surface area (Å²) in [6, 6.07) is 0. The van der Waals surface area contributed by atoms with Crippen LogP contribution in [0.5, 0.6) is 0 Å². The highest BCUT2D eigenvalue weighted by molar-refractivity contribution is 5.76. The molecule has 1 aliphatic carbocycles. The molecule has 3 nitrogen and oxygen atoms in total. The molecule has 0 heterocycles. The van der Waals surface area contributed by atoms with Crippen molar-refractivity contribution in [3.63, 3.8) is 0 Å². The van der Waals surface area contributed by atoms with Crippen molar-refractivity contribution in [2.24, 2.45) is 17.6 Å². The molecule has 1 aliphatic rings. The van der Waals surface area contributed by atoms with Gasteiger partial charge in [0.2, 0.25) is 5.91 Å². The monoisotopic (exact) mass is 208 g/mol. The van der Waals surface area contributed by atoms with E-state index >= 15 is 0 Å². The molecule has 1 unspecified atom stereocenters. The van der Waals surface area contributed by atoms with Gasteiger partial charge in [0.1, 0.15) is 0 Å². The van der Waals surface area contributed by atoms with Gasteiger partial charge in [0.25, 0.3) is 0 Å². The van der Waals surface area contributed by atoms with Gasteiger partial charge in [-0.15, -0.1) is 6.42 Å². The minimum Gasteiger partial charge on any atom is -0.331 e. The molecule has 3 heteroatoms. The predicted molar refractivity (Wildman–Crippen MR) is 61.0 cm³/mol. The summed E-state index contributed by atoms with van der Waals surface area (Å²) in [6.45, 7) is 3.81. The normalized spacial score (nSPS) is 16.9. The van der Waals surface area contributed by atoms with Gasteiger partial charge in [-0.25, -0.2) is 0 Å². The molecule has 1 atom stereocenters. The molecule has 1 amide bonds. The smallest absolute Gasteiger partial charge is 0.223 e. The first-order valence-corrected chi connectivity index (χ1v) is 5.58. The largest absolute Gasteiger partial charge is 0.331 e. The van der Waals surface area contributed by atoms with Gasteiger partial charge in [0.15, 0.2) is 0 Å². The lowest BCUT2D eigenvalue weighted by Gasteiger charge is -2.21. The van der Waals surface area contributed by atoms with Gasteiger partial charge >= 0.3 is 0 Å². The van der Waals surface area contributed by atoms with Crippen molar-refractivity contribution in [3.05, 3.63) is 0 Å². The van der Waals surface area contributed by atoms with E-state index < -0.39 is 0 Å². The van der Waals surface area contributed by atoms with E-state index in [1.165, 1.54) is 12.8 Å². The third-order valence-electron chi connectivity index (χ3n) is 2.74. The van der Waals surface area contributed by atoms with E-state index in [1.54, 1.807) is 4.90 Å². The first-order valence-electron chi connectivity index (χ1n) is 5.58. The minimum absolute atomic E-state index is 0.151. The van der Waals surface area contributed by atoms with Crippen molar-refractivity contribution in [1.82, 2.24) is 4.90 Å². The zero-order chi connectivity index (χ0) is 11.3. The fourth-order valence-electron chi connectivity index (χ4n) is 1.49. The molecule has 0 bridgehead atoms. The van der Waals surface area contributed by atoms with E-state index in [2.05, 4.69) is 5.92 Å². The Hall–Kier alpha value is -1.01. The summed E-state index contributed by atoms with van der Waals surface area (Å²) in [5, 5.41) is 0. The number of carbonyl (C=O) groups excluding carboxylic acids is 1. The number of amides is 1. The SMILES string of the molecule is C#CCN(CC1CC1)C(=O)CC(C)CN. The van der Waals surface area contributed by atoms with Crippen LogP contribution in [0.25, 0.3) is 0 Å². The molecule has 0 aromatic carbocycles. The Bertz CT molecular complexity index is 253. The van der Waals surface area contributed by atoms with Crippen LogP contribution in [0.4, 0.5) is 0 Å². The topological polar surface area (TPSA) is 46.3 Å². The van der Waals surface area contributed by atoms with Crippen LogP contribution in [0.3, 0.4) is 0 Å². The second-order valence-corrected chi connectivity index (χ2v) is 4.47. The molecule has 0 aromatic heterocycles. The second kappa shape index (κ2) is 5.77. The van der Waals surface area contributed by atoms with Crippen LogP contribution in [0.15, 0.2) is 0 Å². The predicted octanol–water partition coefficient (Wildman–Crippen LogP) is 0.843. The van der Waals surface area contributed by atoms with Gasteiger partial charge in [-0.3, -0.25) is 4.79 Å². The van der Waals surface area contributed by atoms with Gasteiger partial charge in [-0.1, -0.05) is 12.8 Å². The highest BCUT2D eigenvalue weighted by Gasteiger charge is 2.26. The van der Waals surface area contributed by atoms with E-state index in [4.69, 9.17) is 12.2 Å². The molecule has 15 heavy (non-hydrogen) atoms. The molecule has 0 spiro atoms. The lowest BCUT2D eigenvalue weighted by Crippen LogP contribution is -2.35. The molecule has 1 rings (SSSR count). The Morgan fingerprint density at radius 1 is 1.67 bits per heavy atom. The number of rotatable bonds is 6. The van der Waals surface area contributed by atoms with Crippen LogP contribution in [0.2, 0.25) is 0 Å². The van der Waals surface area contributed by atoms with Crippen LogP contribution in [0, 0.1) is 24.2 Å². The summed E-state index contributed by atoms with van der Waals surface area (Å²) in [6.07, 6.45) is 8.25. The number of hydrogen-bond donors (Lipinski definition) is 1. The molecule has 2 N–H and O–H groups in total. The lowest BCUT2D eigenvalue weighted by atomic mass is 10.1. The van der Waals surface area contributed by atoms with Crippen LogP contribution in [-0.2, 0) is 4.79 Å². The number of carbonyl (C=O) groups is 1. The number of nitrogens with two attached hydrogens (primary N) is 1. The fraction of sp³-hybridized carbons (Fsp3) is 0.750. The molecule has 1 saturated carbocycles. The van der Waals surface area contributed by atoms with Gasteiger partial charge in [-0.05, 0) is 31.2 Å². The van der Waals surface area contributed by atoms with Crippen molar-refractivity contribution in [1.29, 1.82) is 0 Å². The van der Waals surface area contributed by atoms with Crippen LogP contribution in [-0.4, -0.2) is 30.4 Å². The molecular formula is C12H20N2O. The molecule has 1 fully saturated rings. The summed E-state index contributed by atoms with van der Waals surface area (Å²) in [5.41, 5.74) is 5.50. The van der Waals surface area contributed by atoms with Crippen LogP contribution >= 0.6 is 0 Å². The zero-order valence-corrected chi connectivity index (χ0v) is 9.41. The maximum absolute atomic E-state index is 11.8. The second-order valence-electron chi connectivity index (χ2n) is 4.47. The van der Waals surface area contributed by atoms with Crippen molar-refractivity contribution in [2.75, 3.05) is 19.6 Å². The van der Waals surface area contributed by atoms with E-state index in [0.717, 1.165) is 6.54 Å². The Labute approximate surface area is 92.0 Å². The van der Waals surface area contributed by atoms with Crippen molar-refractivity contribution < 1.29 is 4.79 Å². The third kappa shape index (κ3) is 4.35. The lowest BCUT2D eigenvalue weighted by molar-refractivity contribution is -0.131. The Kier molecular flexibility index (Phi) is 4.64. The van der Waals surface area contributed by atoms with E-state index in [9.17, 15) is 4.79 Å². The summed E-state index contributed by atoms with van der Waals surface area (Å²) < 4.78 is 0. The Morgan fingerprint density at radius 3 is 2.80 bits per heavy atom. The van der Waals surface area contributed by atoms with Gasteiger partial charge < -0.3 is 10.6 Å². The van der Waals surface area contributed by atoms with Crippen molar-refractivity contribution in [2.45, 2.75) is 26.2 Å². The maximum atomic E-state index is 11.8. The third-order valence-corrected chi connectivity index (χ3v) is 2.74. The van der Waals surface area contributed by atoms with Gasteiger partial charge in [0.05, 0.1) is 6.54 Å². The Balaban J connectivity index is 2.39. The minimum atomic E-state index is 0.151. The molecule has 0 radical (unpaired) electrons. The highest BCUT2D eigenvalue weighted by Crippen LogP contribution is 2.29. The first kappa shape index (κ1) is 12.1. The van der Waals surface area contributed by atoms with E-state index in [-0.39, 0.29) is 11.8 Å². The summed E-state index contributed by atoms with van der Waals surface area (Å²) in [7, 11) is 0. The highest BCUT2D eigenvalue weighted by atomic mass is 16.2. The van der Waals surface area contributed by atoms with Gasteiger partial charge in [0, 0.05) is 13.0 Å². The standard InChI is InChI=1S/C12H20N2O/c1-3-6-14(9-11-4-5-11)12(15)7-10(2)8-13/h1,10-11H,4-9,13H2,2H3. The zero-order valence-electron chi connectivity index (χ0n) is 9.41. The van der Waals surface area contributed by atoms with E-state index in [0.29, 0.717) is 25.4 Å². The van der Waals surface area contributed by atoms with Crippen molar-refractivity contribution >= 4 is 5.91 Å². The molecule has 84 valence electrons. The van der Waals surface area contributed by atoms with Crippen molar-refractivity contribution in [3.8, 4) is 12.3 Å². The molecule has 0 aliphatic heterocycles. The Morgan fingerprint density at radius 2 is 2.33 bits per heavy atom. The summed E-state index contributed by atoms with van der Waals surface area (Å²) >= 11 is 0.